The standard InChI is InChI=1S/C28H36ClN6O4P/c1-9-25(36)31-21-14-20(22(38-6)15-23(21)39-17-28(2,3)35(4)5)33-27-30-16-18(29)26(34-27)32-19-12-10-11-13-24(19)40(7,8)37/h9-16H,1,17H2,2-8H3,(H,31,36)(H2,30,32,33,34). The number of hydrogen-bond acceptors (Lipinski definition) is 9. The Bertz CT molecular complexity index is 1440. The van der Waals surface area contributed by atoms with Gasteiger partial charge in [0.25, 0.3) is 0 Å². The first-order valence-electron chi connectivity index (χ1n) is 12.4. The molecular weight excluding hydrogens is 551 g/mol. The van der Waals surface area contributed by atoms with E-state index in [0.29, 0.717) is 46.3 Å². The molecule has 0 bridgehead atoms. The number of amides is 1. The molecule has 0 spiro atoms. The molecule has 0 unspecified atom stereocenters. The topological polar surface area (TPSA) is 118 Å². The summed E-state index contributed by atoms with van der Waals surface area (Å²) in [5.41, 5.74) is 1.25. The van der Waals surface area contributed by atoms with Gasteiger partial charge in [0.15, 0.2) is 5.82 Å². The summed E-state index contributed by atoms with van der Waals surface area (Å²) < 4.78 is 24.5. The summed E-state index contributed by atoms with van der Waals surface area (Å²) in [6, 6.07) is 10.6. The minimum Gasteiger partial charge on any atom is -0.494 e. The zero-order valence-electron chi connectivity index (χ0n) is 23.8. The molecule has 0 saturated carbocycles. The van der Waals surface area contributed by atoms with Gasteiger partial charge in [-0.1, -0.05) is 30.3 Å². The van der Waals surface area contributed by atoms with Crippen LogP contribution in [0.5, 0.6) is 11.5 Å². The normalized spacial score (nSPS) is 11.6. The van der Waals surface area contributed by atoms with Crippen LogP contribution in [-0.4, -0.2) is 67.5 Å². The van der Waals surface area contributed by atoms with Crippen molar-refractivity contribution < 1.29 is 18.8 Å². The molecule has 1 heterocycles. The fraction of sp³-hybridized carbons (Fsp3) is 0.321. The van der Waals surface area contributed by atoms with Crippen molar-refractivity contribution >= 4 is 58.8 Å². The summed E-state index contributed by atoms with van der Waals surface area (Å²) in [7, 11) is 2.89. The van der Waals surface area contributed by atoms with Crippen molar-refractivity contribution in [3.8, 4) is 11.5 Å². The number of likely N-dealkylation sites (N-methyl/N-ethyl adjacent to an activating group) is 1. The molecule has 10 nitrogen and oxygen atoms in total. The van der Waals surface area contributed by atoms with E-state index < -0.39 is 13.0 Å². The lowest BCUT2D eigenvalue weighted by Gasteiger charge is -2.32. The maximum absolute atomic E-state index is 12.8. The van der Waals surface area contributed by atoms with Crippen LogP contribution in [0.1, 0.15) is 13.8 Å². The average Bonchev–Trinajstić information content (AvgIpc) is 2.89. The Morgan fingerprint density at radius 2 is 1.82 bits per heavy atom. The molecule has 3 aromatic rings. The number of benzene rings is 2. The Morgan fingerprint density at radius 3 is 2.45 bits per heavy atom. The summed E-state index contributed by atoms with van der Waals surface area (Å²) in [4.78, 5) is 23.1. The first-order valence-corrected chi connectivity index (χ1v) is 15.4. The second-order valence-corrected chi connectivity index (χ2v) is 13.8. The van der Waals surface area contributed by atoms with Crippen LogP contribution < -0.4 is 30.7 Å². The third-order valence-electron chi connectivity index (χ3n) is 6.26. The van der Waals surface area contributed by atoms with E-state index in [1.165, 1.54) is 19.4 Å². The molecule has 0 fully saturated rings. The number of carbonyl (C=O) groups excluding carboxylic acids is 1. The highest BCUT2D eigenvalue weighted by atomic mass is 35.5. The molecule has 0 aliphatic heterocycles. The molecular formula is C28H36ClN6O4P. The van der Waals surface area contributed by atoms with Crippen LogP contribution in [0.4, 0.5) is 28.8 Å². The summed E-state index contributed by atoms with van der Waals surface area (Å²) in [6.07, 6.45) is 2.63. The molecule has 0 aliphatic carbocycles. The highest BCUT2D eigenvalue weighted by Crippen LogP contribution is 2.40. The van der Waals surface area contributed by atoms with E-state index in [-0.39, 0.29) is 16.5 Å². The van der Waals surface area contributed by atoms with Gasteiger partial charge in [0, 0.05) is 16.9 Å². The molecule has 40 heavy (non-hydrogen) atoms. The molecule has 0 radical (unpaired) electrons. The van der Waals surface area contributed by atoms with Gasteiger partial charge in [-0.15, -0.1) is 0 Å². The van der Waals surface area contributed by atoms with E-state index in [0.717, 1.165) is 0 Å². The fourth-order valence-corrected chi connectivity index (χ4v) is 4.72. The molecule has 3 rings (SSSR count). The number of rotatable bonds is 12. The monoisotopic (exact) mass is 586 g/mol. The second kappa shape index (κ2) is 12.7. The predicted octanol–water partition coefficient (Wildman–Crippen LogP) is 5.72. The van der Waals surface area contributed by atoms with Gasteiger partial charge in [-0.25, -0.2) is 4.98 Å². The highest BCUT2D eigenvalue weighted by molar-refractivity contribution is 7.70. The molecule has 0 saturated heterocycles. The summed E-state index contributed by atoms with van der Waals surface area (Å²) in [5.74, 6) is 0.995. The first-order chi connectivity index (χ1) is 18.7. The average molecular weight is 587 g/mol. The number of carbonyl (C=O) groups is 1. The van der Waals surface area contributed by atoms with Crippen LogP contribution >= 0.6 is 18.7 Å². The van der Waals surface area contributed by atoms with Gasteiger partial charge in [-0.3, -0.25) is 4.79 Å². The SMILES string of the molecule is C=CC(=O)Nc1cc(Nc2ncc(Cl)c(Nc3ccccc3P(C)(C)=O)n2)c(OC)cc1OCC(C)(C)N(C)C. The number of para-hydroxylation sites is 1. The lowest BCUT2D eigenvalue weighted by molar-refractivity contribution is -0.111. The lowest BCUT2D eigenvalue weighted by atomic mass is 10.1. The number of methoxy groups -OCH3 is 1. The van der Waals surface area contributed by atoms with E-state index >= 15 is 0 Å². The van der Waals surface area contributed by atoms with Crippen molar-refractivity contribution in [3.63, 3.8) is 0 Å². The van der Waals surface area contributed by atoms with Gasteiger partial charge in [0.05, 0.1) is 30.4 Å². The molecule has 214 valence electrons. The molecule has 1 aromatic heterocycles. The summed E-state index contributed by atoms with van der Waals surface area (Å²) in [6.45, 7) is 11.4. The minimum atomic E-state index is -2.57. The zero-order valence-corrected chi connectivity index (χ0v) is 25.5. The number of aromatic nitrogens is 2. The van der Waals surface area contributed by atoms with Gasteiger partial charge >= 0.3 is 0 Å². The van der Waals surface area contributed by atoms with Crippen molar-refractivity contribution in [2.24, 2.45) is 0 Å². The van der Waals surface area contributed by atoms with Crippen molar-refractivity contribution in [1.82, 2.24) is 14.9 Å². The number of anilines is 5. The van der Waals surface area contributed by atoms with Gasteiger partial charge in [-0.05, 0) is 65.5 Å². The van der Waals surface area contributed by atoms with E-state index in [9.17, 15) is 9.36 Å². The van der Waals surface area contributed by atoms with Gasteiger partial charge in [0.2, 0.25) is 11.9 Å². The van der Waals surface area contributed by atoms with Crippen LogP contribution in [0.15, 0.2) is 55.3 Å². The Labute approximate surface area is 240 Å². The fourth-order valence-electron chi connectivity index (χ4n) is 3.42. The van der Waals surface area contributed by atoms with E-state index in [1.54, 1.807) is 25.5 Å². The molecule has 1 amide bonds. The Morgan fingerprint density at radius 1 is 1.12 bits per heavy atom. The quantitative estimate of drug-likeness (QED) is 0.181. The summed E-state index contributed by atoms with van der Waals surface area (Å²) >= 11 is 6.40. The molecule has 0 atom stereocenters. The first kappa shape index (κ1) is 30.9. The van der Waals surface area contributed by atoms with Crippen LogP contribution in [-0.2, 0) is 9.36 Å². The van der Waals surface area contributed by atoms with Crippen LogP contribution in [0.25, 0.3) is 0 Å². The smallest absolute Gasteiger partial charge is 0.247 e. The molecule has 0 aliphatic rings. The Hall–Kier alpha value is -3.59. The van der Waals surface area contributed by atoms with Crippen molar-refractivity contribution in [2.75, 3.05) is 57.1 Å². The maximum Gasteiger partial charge on any atom is 0.247 e. The third kappa shape index (κ3) is 7.75. The van der Waals surface area contributed by atoms with Crippen LogP contribution in [0.3, 0.4) is 0 Å². The third-order valence-corrected chi connectivity index (χ3v) is 8.09. The number of hydrogen-bond donors (Lipinski definition) is 3. The predicted molar refractivity (Wildman–Crippen MR) is 164 cm³/mol. The Balaban J connectivity index is 1.97. The van der Waals surface area contributed by atoms with Gasteiger partial charge in [-0.2, -0.15) is 4.98 Å². The summed E-state index contributed by atoms with van der Waals surface area (Å²) in [5, 5.41) is 10.0. The van der Waals surface area contributed by atoms with E-state index in [1.807, 2.05) is 57.1 Å². The lowest BCUT2D eigenvalue weighted by Crippen LogP contribution is -2.43. The van der Waals surface area contributed by atoms with Gasteiger partial charge in [0.1, 0.15) is 30.3 Å². The van der Waals surface area contributed by atoms with Crippen molar-refractivity contribution in [3.05, 3.63) is 60.3 Å². The van der Waals surface area contributed by atoms with Gasteiger partial charge < -0.3 is 34.9 Å². The largest absolute Gasteiger partial charge is 0.494 e. The minimum absolute atomic E-state index is 0.210. The van der Waals surface area contributed by atoms with Crippen LogP contribution in [0.2, 0.25) is 5.02 Å². The Kier molecular flexibility index (Phi) is 9.84. The molecule has 2 aromatic carbocycles. The molecule has 3 N–H and O–H groups in total. The zero-order chi connectivity index (χ0) is 29.7. The number of halogens is 1. The second-order valence-electron chi connectivity index (χ2n) is 10.2. The van der Waals surface area contributed by atoms with E-state index in [2.05, 4.69) is 32.5 Å². The van der Waals surface area contributed by atoms with Crippen molar-refractivity contribution in [2.45, 2.75) is 19.4 Å². The van der Waals surface area contributed by atoms with E-state index in [4.69, 9.17) is 21.1 Å². The van der Waals surface area contributed by atoms with Crippen LogP contribution in [0, 0.1) is 0 Å². The molecule has 12 heteroatoms. The number of ether oxygens (including phenoxy) is 2. The maximum atomic E-state index is 12.8. The van der Waals surface area contributed by atoms with Crippen molar-refractivity contribution in [1.29, 1.82) is 0 Å². The number of nitrogens with zero attached hydrogens (tertiary/aromatic N) is 3. The number of nitrogens with one attached hydrogen (secondary N) is 3. The highest BCUT2D eigenvalue weighted by Gasteiger charge is 2.23.